The molecule has 0 aliphatic carbocycles. The van der Waals surface area contributed by atoms with Gasteiger partial charge in [0.15, 0.2) is 17.5 Å². The topological polar surface area (TPSA) is 58.1 Å². The molecule has 1 aromatic rings. The Labute approximate surface area is 182 Å². The summed E-state index contributed by atoms with van der Waals surface area (Å²) in [6, 6.07) is 7.02. The van der Waals surface area contributed by atoms with Gasteiger partial charge in [-0.25, -0.2) is 0 Å². The predicted octanol–water partition coefficient (Wildman–Crippen LogP) is 3.50. The number of hydrogen-bond donors (Lipinski definition) is 2. The number of hydrogen-bond acceptors (Lipinski definition) is 4. The Balaban J connectivity index is 0.00000676. The Morgan fingerprint density at radius 3 is 2.30 bits per heavy atom. The molecule has 1 aromatic carbocycles. The third-order valence-corrected chi connectivity index (χ3v) is 4.20. The van der Waals surface area contributed by atoms with Gasteiger partial charge in [-0.3, -0.25) is 9.89 Å². The molecule has 0 aliphatic rings. The zero-order valence-electron chi connectivity index (χ0n) is 17.8. The monoisotopic (exact) mass is 492 g/mol. The molecular weight excluding hydrogens is 455 g/mol. The fraction of sp³-hybridized carbons (Fsp3) is 0.650. The van der Waals surface area contributed by atoms with Crippen LogP contribution in [-0.4, -0.2) is 56.8 Å². The molecule has 0 fully saturated rings. The van der Waals surface area contributed by atoms with E-state index in [1.54, 1.807) is 14.2 Å². The summed E-state index contributed by atoms with van der Waals surface area (Å²) in [5.74, 6) is 2.31. The SMILES string of the molecule is CCOc1cc(CNC(=NC)NCCN(C(C)C)C(C)C)ccc1OC.I. The fourth-order valence-corrected chi connectivity index (χ4v) is 2.92. The lowest BCUT2D eigenvalue weighted by molar-refractivity contribution is 0.178. The second-order valence-electron chi connectivity index (χ2n) is 6.70. The lowest BCUT2D eigenvalue weighted by Gasteiger charge is -2.30. The van der Waals surface area contributed by atoms with Gasteiger partial charge in [0.05, 0.1) is 13.7 Å². The van der Waals surface area contributed by atoms with E-state index in [9.17, 15) is 0 Å². The van der Waals surface area contributed by atoms with Crippen LogP contribution in [0.5, 0.6) is 11.5 Å². The van der Waals surface area contributed by atoms with Crippen molar-refractivity contribution < 1.29 is 9.47 Å². The average Bonchev–Trinajstić information content (AvgIpc) is 2.61. The summed E-state index contributed by atoms with van der Waals surface area (Å²) in [6.45, 7) is 14.0. The molecule has 0 amide bonds. The number of halogens is 1. The number of nitrogens with zero attached hydrogens (tertiary/aromatic N) is 2. The van der Waals surface area contributed by atoms with E-state index in [0.717, 1.165) is 36.1 Å². The van der Waals surface area contributed by atoms with E-state index in [1.807, 2.05) is 25.1 Å². The molecular formula is C20H37IN4O2. The molecule has 0 bridgehead atoms. The van der Waals surface area contributed by atoms with E-state index in [-0.39, 0.29) is 24.0 Å². The summed E-state index contributed by atoms with van der Waals surface area (Å²) in [7, 11) is 3.44. The van der Waals surface area contributed by atoms with Crippen molar-refractivity contribution in [2.24, 2.45) is 4.99 Å². The molecule has 0 aliphatic heterocycles. The van der Waals surface area contributed by atoms with E-state index in [4.69, 9.17) is 9.47 Å². The molecule has 0 spiro atoms. The molecule has 7 heteroatoms. The van der Waals surface area contributed by atoms with Crippen LogP contribution in [-0.2, 0) is 6.54 Å². The molecule has 0 atom stereocenters. The smallest absolute Gasteiger partial charge is 0.191 e. The molecule has 156 valence electrons. The quantitative estimate of drug-likeness (QED) is 0.298. The maximum Gasteiger partial charge on any atom is 0.191 e. The van der Waals surface area contributed by atoms with Crippen LogP contribution >= 0.6 is 24.0 Å². The summed E-state index contributed by atoms with van der Waals surface area (Å²) in [4.78, 5) is 6.76. The first-order valence-corrected chi connectivity index (χ1v) is 9.42. The van der Waals surface area contributed by atoms with Crippen LogP contribution in [0.3, 0.4) is 0 Å². The van der Waals surface area contributed by atoms with E-state index < -0.39 is 0 Å². The molecule has 0 saturated heterocycles. The van der Waals surface area contributed by atoms with Crippen LogP contribution in [0.1, 0.15) is 40.2 Å². The van der Waals surface area contributed by atoms with E-state index in [1.165, 1.54) is 0 Å². The van der Waals surface area contributed by atoms with Crippen LogP contribution in [0.4, 0.5) is 0 Å². The van der Waals surface area contributed by atoms with Crippen LogP contribution < -0.4 is 20.1 Å². The van der Waals surface area contributed by atoms with Crippen LogP contribution in [0, 0.1) is 0 Å². The first kappa shape index (κ1) is 25.8. The van der Waals surface area contributed by atoms with Gasteiger partial charge in [-0.15, -0.1) is 24.0 Å². The van der Waals surface area contributed by atoms with Gasteiger partial charge < -0.3 is 20.1 Å². The minimum Gasteiger partial charge on any atom is -0.493 e. The molecule has 0 radical (unpaired) electrons. The third-order valence-electron chi connectivity index (χ3n) is 4.20. The van der Waals surface area contributed by atoms with Gasteiger partial charge in [0.1, 0.15) is 0 Å². The van der Waals surface area contributed by atoms with Gasteiger partial charge in [0.25, 0.3) is 0 Å². The maximum absolute atomic E-state index is 5.63. The second kappa shape index (κ2) is 13.9. The van der Waals surface area contributed by atoms with Gasteiger partial charge in [-0.05, 0) is 52.3 Å². The summed E-state index contributed by atoms with van der Waals surface area (Å²) in [5.41, 5.74) is 1.11. The number of ether oxygens (including phenoxy) is 2. The number of guanidine groups is 1. The first-order valence-electron chi connectivity index (χ1n) is 9.42. The zero-order chi connectivity index (χ0) is 19.5. The Bertz CT molecular complexity index is 557. The van der Waals surface area contributed by atoms with Crippen molar-refractivity contribution in [3.05, 3.63) is 23.8 Å². The Morgan fingerprint density at radius 1 is 1.11 bits per heavy atom. The summed E-state index contributed by atoms with van der Waals surface area (Å²) < 4.78 is 11.0. The zero-order valence-corrected chi connectivity index (χ0v) is 20.2. The lowest BCUT2D eigenvalue weighted by atomic mass is 10.2. The van der Waals surface area contributed by atoms with Crippen LogP contribution in [0.25, 0.3) is 0 Å². The van der Waals surface area contributed by atoms with Crippen molar-refractivity contribution in [1.82, 2.24) is 15.5 Å². The number of rotatable bonds is 10. The summed E-state index contributed by atoms with van der Waals surface area (Å²) >= 11 is 0. The number of methoxy groups -OCH3 is 1. The minimum atomic E-state index is 0. The number of aliphatic imine (C=N–C) groups is 1. The largest absolute Gasteiger partial charge is 0.493 e. The van der Waals surface area contributed by atoms with Gasteiger partial charge >= 0.3 is 0 Å². The number of nitrogens with one attached hydrogen (secondary N) is 2. The van der Waals surface area contributed by atoms with E-state index >= 15 is 0 Å². The minimum absolute atomic E-state index is 0. The number of benzene rings is 1. The van der Waals surface area contributed by atoms with Crippen molar-refractivity contribution >= 4 is 29.9 Å². The molecule has 27 heavy (non-hydrogen) atoms. The molecule has 6 nitrogen and oxygen atoms in total. The van der Waals surface area contributed by atoms with Gasteiger partial charge in [0.2, 0.25) is 0 Å². The fourth-order valence-electron chi connectivity index (χ4n) is 2.92. The van der Waals surface area contributed by atoms with Crippen LogP contribution in [0.2, 0.25) is 0 Å². The summed E-state index contributed by atoms with van der Waals surface area (Å²) in [5, 5.41) is 6.73. The Morgan fingerprint density at radius 2 is 1.78 bits per heavy atom. The predicted molar refractivity (Wildman–Crippen MR) is 125 cm³/mol. The van der Waals surface area contributed by atoms with Gasteiger partial charge in [-0.2, -0.15) is 0 Å². The highest BCUT2D eigenvalue weighted by Crippen LogP contribution is 2.27. The molecule has 2 N–H and O–H groups in total. The Kier molecular flexibility index (Phi) is 13.2. The van der Waals surface area contributed by atoms with Gasteiger partial charge in [-0.1, -0.05) is 6.07 Å². The van der Waals surface area contributed by atoms with Crippen LogP contribution in [0.15, 0.2) is 23.2 Å². The molecule has 0 saturated carbocycles. The van der Waals surface area contributed by atoms with Crippen molar-refractivity contribution in [1.29, 1.82) is 0 Å². The van der Waals surface area contributed by atoms with E-state index in [2.05, 4.69) is 48.2 Å². The normalized spacial score (nSPS) is 11.6. The molecule has 0 unspecified atom stereocenters. The third kappa shape index (κ3) is 9.01. The van der Waals surface area contributed by atoms with E-state index in [0.29, 0.717) is 25.2 Å². The first-order chi connectivity index (χ1) is 12.4. The van der Waals surface area contributed by atoms with Crippen molar-refractivity contribution in [2.45, 2.75) is 53.2 Å². The van der Waals surface area contributed by atoms with Gasteiger partial charge in [0, 0.05) is 38.8 Å². The summed E-state index contributed by atoms with van der Waals surface area (Å²) in [6.07, 6.45) is 0. The average molecular weight is 492 g/mol. The van der Waals surface area contributed by atoms with Crippen molar-refractivity contribution in [2.75, 3.05) is 33.9 Å². The van der Waals surface area contributed by atoms with Crippen molar-refractivity contribution in [3.8, 4) is 11.5 Å². The highest BCUT2D eigenvalue weighted by molar-refractivity contribution is 14.0. The highest BCUT2D eigenvalue weighted by atomic mass is 127. The molecule has 0 aromatic heterocycles. The molecule has 1 rings (SSSR count). The lowest BCUT2D eigenvalue weighted by Crippen LogP contribution is -2.45. The highest BCUT2D eigenvalue weighted by Gasteiger charge is 2.12. The standard InChI is InChI=1S/C20H36N4O2.HI/c1-8-26-19-13-17(9-10-18(19)25-7)14-23-20(21-6)22-11-12-24(15(2)3)16(4)5;/h9-10,13,15-16H,8,11-12,14H2,1-7H3,(H2,21,22,23);1H. The molecule has 0 heterocycles. The maximum atomic E-state index is 5.63. The second-order valence-corrected chi connectivity index (χ2v) is 6.70. The van der Waals surface area contributed by atoms with Crippen molar-refractivity contribution in [3.63, 3.8) is 0 Å². The Hall–Kier alpha value is -1.22.